The van der Waals surface area contributed by atoms with Gasteiger partial charge in [-0.1, -0.05) is 52.3 Å². The van der Waals surface area contributed by atoms with Gasteiger partial charge in [0.1, 0.15) is 17.2 Å². The van der Waals surface area contributed by atoms with Crippen molar-refractivity contribution in [1.29, 1.82) is 0 Å². The molecule has 0 saturated carbocycles. The molecule has 3 aromatic carbocycles. The molecule has 2 aliphatic rings. The standard InChI is InChI=1S/C24H19BrN2O4/c1-24-20(18-9-5-6-10-19(18)28)27(17-7-3-2-4-8-17)31-21(24)22(29)26(23(24)30)16-13-11-15(25)12-14-16/h2-14,20-21,28H,1H3/t20-,21-,24+/m0/s1. The van der Waals surface area contributed by atoms with Crippen molar-refractivity contribution in [3.05, 3.63) is 88.9 Å². The van der Waals surface area contributed by atoms with Crippen LogP contribution >= 0.6 is 15.9 Å². The molecule has 2 amide bonds. The van der Waals surface area contributed by atoms with Crippen LogP contribution in [-0.4, -0.2) is 23.0 Å². The second-order valence-corrected chi connectivity index (χ2v) is 8.76. The van der Waals surface area contributed by atoms with E-state index in [0.29, 0.717) is 16.9 Å². The number of imide groups is 1. The maximum atomic E-state index is 13.8. The Morgan fingerprint density at radius 2 is 1.55 bits per heavy atom. The maximum Gasteiger partial charge on any atom is 0.266 e. The molecule has 2 fully saturated rings. The Kier molecular flexibility index (Phi) is 4.60. The Hall–Kier alpha value is -3.16. The monoisotopic (exact) mass is 478 g/mol. The molecule has 31 heavy (non-hydrogen) atoms. The minimum Gasteiger partial charge on any atom is -0.508 e. The van der Waals surface area contributed by atoms with Crippen LogP contribution in [0.1, 0.15) is 18.5 Å². The molecule has 2 saturated heterocycles. The van der Waals surface area contributed by atoms with E-state index < -0.39 is 23.5 Å². The summed E-state index contributed by atoms with van der Waals surface area (Å²) in [4.78, 5) is 34.5. The highest BCUT2D eigenvalue weighted by molar-refractivity contribution is 9.10. The van der Waals surface area contributed by atoms with Gasteiger partial charge in [0.25, 0.3) is 5.91 Å². The van der Waals surface area contributed by atoms with Crippen LogP contribution in [0.25, 0.3) is 0 Å². The van der Waals surface area contributed by atoms with Gasteiger partial charge in [-0.05, 0) is 49.4 Å². The molecule has 2 aliphatic heterocycles. The lowest BCUT2D eigenvalue weighted by Crippen LogP contribution is -2.41. The number of fused-ring (bicyclic) bond motifs is 1. The van der Waals surface area contributed by atoms with E-state index in [0.717, 1.165) is 4.47 Å². The summed E-state index contributed by atoms with van der Waals surface area (Å²) < 4.78 is 0.848. The van der Waals surface area contributed by atoms with E-state index in [2.05, 4.69) is 15.9 Å². The molecule has 0 unspecified atom stereocenters. The van der Waals surface area contributed by atoms with Gasteiger partial charge in [-0.15, -0.1) is 0 Å². The van der Waals surface area contributed by atoms with E-state index >= 15 is 0 Å². The second kappa shape index (κ2) is 7.21. The van der Waals surface area contributed by atoms with E-state index in [-0.39, 0.29) is 11.7 Å². The molecule has 156 valence electrons. The van der Waals surface area contributed by atoms with Crippen molar-refractivity contribution in [1.82, 2.24) is 0 Å². The summed E-state index contributed by atoms with van der Waals surface area (Å²) in [6.07, 6.45) is -1.02. The zero-order valence-corrected chi connectivity index (χ0v) is 18.2. The van der Waals surface area contributed by atoms with Gasteiger partial charge in [0.2, 0.25) is 5.91 Å². The van der Waals surface area contributed by atoms with Gasteiger partial charge >= 0.3 is 0 Å². The van der Waals surface area contributed by atoms with Gasteiger partial charge in [0, 0.05) is 10.0 Å². The number of hydrogen-bond acceptors (Lipinski definition) is 5. The third-order valence-corrected chi connectivity index (χ3v) is 6.53. The molecule has 0 spiro atoms. The number of aromatic hydroxyl groups is 1. The van der Waals surface area contributed by atoms with Crippen LogP contribution in [0.4, 0.5) is 11.4 Å². The predicted molar refractivity (Wildman–Crippen MR) is 119 cm³/mol. The highest BCUT2D eigenvalue weighted by Crippen LogP contribution is 2.56. The summed E-state index contributed by atoms with van der Waals surface area (Å²) in [5.74, 6) is -0.744. The molecule has 1 N–H and O–H groups in total. The van der Waals surface area contributed by atoms with Crippen LogP contribution < -0.4 is 9.96 Å². The van der Waals surface area contributed by atoms with Gasteiger partial charge in [-0.2, -0.15) is 0 Å². The van der Waals surface area contributed by atoms with Crippen molar-refractivity contribution in [3.8, 4) is 5.75 Å². The normalized spacial score (nSPS) is 25.2. The third kappa shape index (κ3) is 2.88. The fourth-order valence-electron chi connectivity index (χ4n) is 4.45. The van der Waals surface area contributed by atoms with E-state index in [1.807, 2.05) is 30.3 Å². The first-order valence-electron chi connectivity index (χ1n) is 9.86. The Morgan fingerprint density at radius 3 is 2.23 bits per heavy atom. The third-order valence-electron chi connectivity index (χ3n) is 6.00. The lowest BCUT2D eigenvalue weighted by Gasteiger charge is -2.33. The van der Waals surface area contributed by atoms with Crippen molar-refractivity contribution in [3.63, 3.8) is 0 Å². The van der Waals surface area contributed by atoms with Crippen LogP contribution in [0.5, 0.6) is 5.75 Å². The van der Waals surface area contributed by atoms with E-state index in [1.54, 1.807) is 60.5 Å². The van der Waals surface area contributed by atoms with Gasteiger partial charge in [0.05, 0.1) is 11.4 Å². The minimum atomic E-state index is -1.24. The lowest BCUT2D eigenvalue weighted by molar-refractivity contribution is -0.128. The molecule has 0 radical (unpaired) electrons. The zero-order valence-electron chi connectivity index (χ0n) is 16.6. The van der Waals surface area contributed by atoms with Crippen molar-refractivity contribution in [2.24, 2.45) is 5.41 Å². The Labute approximate surface area is 187 Å². The fraction of sp³-hybridized carbons (Fsp3) is 0.167. The van der Waals surface area contributed by atoms with Crippen LogP contribution in [0.15, 0.2) is 83.3 Å². The molecule has 0 bridgehead atoms. The number of phenolic OH excluding ortho intramolecular Hbond substituents is 1. The average Bonchev–Trinajstić information content (AvgIpc) is 3.19. The SMILES string of the molecule is C[C@]12C(=O)N(c3ccc(Br)cc3)C(=O)[C@@H]1ON(c1ccccc1)[C@H]2c1ccccc1O. The van der Waals surface area contributed by atoms with Crippen LogP contribution in [-0.2, 0) is 14.4 Å². The first-order valence-corrected chi connectivity index (χ1v) is 10.6. The molecular formula is C24H19BrN2O4. The number of benzene rings is 3. The molecule has 0 aromatic heterocycles. The second-order valence-electron chi connectivity index (χ2n) is 7.85. The smallest absolute Gasteiger partial charge is 0.266 e. The summed E-state index contributed by atoms with van der Waals surface area (Å²) in [6.45, 7) is 1.73. The largest absolute Gasteiger partial charge is 0.508 e. The van der Waals surface area contributed by atoms with Gasteiger partial charge in [0.15, 0.2) is 6.10 Å². The number of para-hydroxylation sites is 2. The number of carbonyl (C=O) groups excluding carboxylic acids is 2. The number of carbonyl (C=O) groups is 2. The number of halogens is 1. The first-order chi connectivity index (χ1) is 14.9. The number of rotatable bonds is 3. The average molecular weight is 479 g/mol. The molecule has 0 aliphatic carbocycles. The highest BCUT2D eigenvalue weighted by Gasteiger charge is 2.69. The van der Waals surface area contributed by atoms with Crippen LogP contribution in [0, 0.1) is 5.41 Å². The summed E-state index contributed by atoms with van der Waals surface area (Å²) >= 11 is 3.38. The summed E-state index contributed by atoms with van der Waals surface area (Å²) in [5.41, 5.74) is 0.468. The number of anilines is 2. The van der Waals surface area contributed by atoms with Crippen molar-refractivity contribution in [2.45, 2.75) is 19.1 Å². The molecule has 3 atom stereocenters. The topological polar surface area (TPSA) is 70.1 Å². The summed E-state index contributed by atoms with van der Waals surface area (Å²) in [5, 5.41) is 12.2. The Bertz CT molecular complexity index is 1170. The molecule has 6 nitrogen and oxygen atoms in total. The van der Waals surface area contributed by atoms with E-state index in [1.165, 1.54) is 4.90 Å². The van der Waals surface area contributed by atoms with Crippen molar-refractivity contribution in [2.75, 3.05) is 9.96 Å². The molecule has 5 rings (SSSR count). The maximum absolute atomic E-state index is 13.8. The van der Waals surface area contributed by atoms with Crippen LogP contribution in [0.2, 0.25) is 0 Å². The fourth-order valence-corrected chi connectivity index (χ4v) is 4.71. The first kappa shape index (κ1) is 19.8. The summed E-state index contributed by atoms with van der Waals surface area (Å²) in [6, 6.07) is 22.4. The number of phenols is 1. The van der Waals surface area contributed by atoms with Crippen molar-refractivity contribution < 1.29 is 19.5 Å². The number of amides is 2. The van der Waals surface area contributed by atoms with Gasteiger partial charge in [-0.3, -0.25) is 14.4 Å². The highest BCUT2D eigenvalue weighted by atomic mass is 79.9. The van der Waals surface area contributed by atoms with Crippen molar-refractivity contribution >= 4 is 39.1 Å². The van der Waals surface area contributed by atoms with Crippen LogP contribution in [0.3, 0.4) is 0 Å². The Morgan fingerprint density at radius 1 is 0.903 bits per heavy atom. The number of hydroxylamine groups is 1. The molecular weight excluding hydrogens is 460 g/mol. The lowest BCUT2D eigenvalue weighted by atomic mass is 9.76. The number of hydrogen-bond donors (Lipinski definition) is 1. The van der Waals surface area contributed by atoms with Gasteiger partial charge < -0.3 is 5.11 Å². The Balaban J connectivity index is 1.66. The van der Waals surface area contributed by atoms with Gasteiger partial charge in [-0.25, -0.2) is 9.96 Å². The molecule has 2 heterocycles. The zero-order chi connectivity index (χ0) is 21.8. The quantitative estimate of drug-likeness (QED) is 0.557. The molecule has 7 heteroatoms. The van der Waals surface area contributed by atoms with E-state index in [9.17, 15) is 14.7 Å². The summed E-state index contributed by atoms with van der Waals surface area (Å²) in [7, 11) is 0. The predicted octanol–water partition coefficient (Wildman–Crippen LogP) is 4.60. The minimum absolute atomic E-state index is 0.0428. The number of nitrogens with zero attached hydrogens (tertiary/aromatic N) is 2. The molecule has 3 aromatic rings. The van der Waals surface area contributed by atoms with E-state index in [4.69, 9.17) is 4.84 Å².